The first kappa shape index (κ1) is 11.4. The second kappa shape index (κ2) is 4.02. The van der Waals surface area contributed by atoms with E-state index in [0.717, 1.165) is 19.0 Å². The normalized spacial score (nSPS) is 32.7. The first-order valence-corrected chi connectivity index (χ1v) is 8.08. The fourth-order valence-corrected chi connectivity index (χ4v) is 4.63. The van der Waals surface area contributed by atoms with Crippen molar-refractivity contribution in [1.82, 2.24) is 9.88 Å². The molecule has 18 heavy (non-hydrogen) atoms. The number of rotatable bonds is 2. The first-order valence-electron chi connectivity index (χ1n) is 7.27. The van der Waals surface area contributed by atoms with Crippen molar-refractivity contribution in [2.75, 3.05) is 13.1 Å². The summed E-state index contributed by atoms with van der Waals surface area (Å²) in [6.07, 6.45) is 8.90. The average Bonchev–Trinajstić information content (AvgIpc) is 3.00. The van der Waals surface area contributed by atoms with Crippen LogP contribution in [-0.4, -0.2) is 29.0 Å². The predicted molar refractivity (Wildman–Crippen MR) is 73.8 cm³/mol. The molecule has 0 aromatic carbocycles. The van der Waals surface area contributed by atoms with Crippen LogP contribution in [0.3, 0.4) is 0 Å². The van der Waals surface area contributed by atoms with E-state index in [2.05, 4.69) is 4.90 Å². The fraction of sp³-hybridized carbons (Fsp3) is 0.786. The zero-order valence-electron chi connectivity index (χ0n) is 10.8. The number of likely N-dealkylation sites (tertiary alicyclic amines) is 1. The van der Waals surface area contributed by atoms with Gasteiger partial charge in [-0.3, -0.25) is 4.90 Å². The minimum Gasteiger partial charge on any atom is -0.318 e. The van der Waals surface area contributed by atoms with Gasteiger partial charge in [0, 0.05) is 24.0 Å². The molecule has 0 amide bonds. The summed E-state index contributed by atoms with van der Waals surface area (Å²) in [6, 6.07) is 0.838. The van der Waals surface area contributed by atoms with Crippen molar-refractivity contribution >= 4 is 11.3 Å². The molecule has 0 bridgehead atoms. The smallest absolute Gasteiger partial charge is 0.114 e. The molecule has 3 aliphatic rings. The molecule has 2 heterocycles. The SMILES string of the molecule is NC1(c2nc3c(s2)CCCC3)CCN(C2CC2)C1. The van der Waals surface area contributed by atoms with Gasteiger partial charge in [-0.2, -0.15) is 0 Å². The van der Waals surface area contributed by atoms with E-state index in [0.29, 0.717) is 0 Å². The van der Waals surface area contributed by atoms with E-state index in [-0.39, 0.29) is 5.54 Å². The van der Waals surface area contributed by atoms with E-state index >= 15 is 0 Å². The lowest BCUT2D eigenvalue weighted by molar-refractivity contribution is 0.302. The molecule has 1 saturated carbocycles. The highest BCUT2D eigenvalue weighted by Gasteiger charge is 2.43. The lowest BCUT2D eigenvalue weighted by Gasteiger charge is -2.22. The van der Waals surface area contributed by atoms with Crippen LogP contribution in [0.1, 0.15) is 47.7 Å². The summed E-state index contributed by atoms with van der Waals surface area (Å²) >= 11 is 1.90. The third-order valence-electron chi connectivity index (χ3n) is 4.67. The minimum atomic E-state index is -0.148. The van der Waals surface area contributed by atoms with Crippen molar-refractivity contribution in [3.63, 3.8) is 0 Å². The maximum absolute atomic E-state index is 6.65. The Morgan fingerprint density at radius 3 is 2.89 bits per heavy atom. The molecule has 1 aromatic heterocycles. The third-order valence-corrected chi connectivity index (χ3v) is 6.04. The summed E-state index contributed by atoms with van der Waals surface area (Å²) in [5.74, 6) is 0. The Bertz CT molecular complexity index is 442. The summed E-state index contributed by atoms with van der Waals surface area (Å²) in [5.41, 5.74) is 7.86. The van der Waals surface area contributed by atoms with E-state index in [9.17, 15) is 0 Å². The van der Waals surface area contributed by atoms with Crippen LogP contribution in [0.15, 0.2) is 0 Å². The molecular formula is C14H21N3S. The third kappa shape index (κ3) is 1.82. The van der Waals surface area contributed by atoms with E-state index in [1.807, 2.05) is 11.3 Å². The van der Waals surface area contributed by atoms with Crippen LogP contribution in [0.25, 0.3) is 0 Å². The molecule has 1 aliphatic heterocycles. The molecule has 4 heteroatoms. The van der Waals surface area contributed by atoms with Crippen LogP contribution in [0.4, 0.5) is 0 Å². The van der Waals surface area contributed by atoms with Gasteiger partial charge in [-0.25, -0.2) is 4.98 Å². The van der Waals surface area contributed by atoms with Gasteiger partial charge in [0.05, 0.1) is 11.2 Å². The minimum absolute atomic E-state index is 0.148. The molecular weight excluding hydrogens is 242 g/mol. The molecule has 4 rings (SSSR count). The van der Waals surface area contributed by atoms with Gasteiger partial charge in [0.25, 0.3) is 0 Å². The van der Waals surface area contributed by atoms with E-state index in [1.165, 1.54) is 60.6 Å². The number of hydrogen-bond acceptors (Lipinski definition) is 4. The van der Waals surface area contributed by atoms with Crippen molar-refractivity contribution in [2.24, 2.45) is 5.73 Å². The second-order valence-electron chi connectivity index (χ2n) is 6.20. The zero-order chi connectivity index (χ0) is 12.2. The Kier molecular flexibility index (Phi) is 2.54. The molecule has 2 N–H and O–H groups in total. The summed E-state index contributed by atoms with van der Waals surface area (Å²) < 4.78 is 0. The highest BCUT2D eigenvalue weighted by molar-refractivity contribution is 7.11. The summed E-state index contributed by atoms with van der Waals surface area (Å²) in [7, 11) is 0. The summed E-state index contributed by atoms with van der Waals surface area (Å²) in [4.78, 5) is 8.99. The van der Waals surface area contributed by atoms with Crippen LogP contribution in [0.5, 0.6) is 0 Å². The Morgan fingerprint density at radius 1 is 1.28 bits per heavy atom. The van der Waals surface area contributed by atoms with Gasteiger partial charge in [-0.15, -0.1) is 11.3 Å². The van der Waals surface area contributed by atoms with Crippen molar-refractivity contribution < 1.29 is 0 Å². The predicted octanol–water partition coefficient (Wildman–Crippen LogP) is 2.04. The molecule has 1 atom stereocenters. The maximum atomic E-state index is 6.65. The Hall–Kier alpha value is -0.450. The van der Waals surface area contributed by atoms with Gasteiger partial charge in [0.1, 0.15) is 5.01 Å². The standard InChI is InChI=1S/C14H21N3S/c15-14(7-8-17(9-14)10-5-6-10)13-16-11-3-1-2-4-12(11)18-13/h10H,1-9,15H2. The number of aryl methyl sites for hydroxylation is 2. The number of aromatic nitrogens is 1. The summed E-state index contributed by atoms with van der Waals surface area (Å²) in [5, 5.41) is 1.22. The fourth-order valence-electron chi connectivity index (χ4n) is 3.35. The monoisotopic (exact) mass is 263 g/mol. The van der Waals surface area contributed by atoms with E-state index < -0.39 is 0 Å². The zero-order valence-corrected chi connectivity index (χ0v) is 11.6. The number of nitrogens with zero attached hydrogens (tertiary/aromatic N) is 2. The maximum Gasteiger partial charge on any atom is 0.114 e. The van der Waals surface area contributed by atoms with Crippen LogP contribution < -0.4 is 5.73 Å². The quantitative estimate of drug-likeness (QED) is 0.888. The van der Waals surface area contributed by atoms with E-state index in [4.69, 9.17) is 10.7 Å². The van der Waals surface area contributed by atoms with Gasteiger partial charge in [-0.1, -0.05) is 0 Å². The highest BCUT2D eigenvalue weighted by atomic mass is 32.1. The summed E-state index contributed by atoms with van der Waals surface area (Å²) in [6.45, 7) is 2.20. The molecule has 0 spiro atoms. The molecule has 1 unspecified atom stereocenters. The van der Waals surface area contributed by atoms with Gasteiger partial charge in [-0.05, 0) is 44.9 Å². The number of nitrogens with two attached hydrogens (primary N) is 1. The average molecular weight is 263 g/mol. The molecule has 0 radical (unpaired) electrons. The molecule has 2 fully saturated rings. The Labute approximate surface area is 112 Å². The Morgan fingerprint density at radius 2 is 2.11 bits per heavy atom. The van der Waals surface area contributed by atoms with Crippen LogP contribution in [-0.2, 0) is 18.4 Å². The lowest BCUT2D eigenvalue weighted by atomic mass is 10.0. The molecule has 1 aromatic rings. The number of fused-ring (bicyclic) bond motifs is 1. The van der Waals surface area contributed by atoms with Gasteiger partial charge < -0.3 is 5.73 Å². The topological polar surface area (TPSA) is 42.1 Å². The Balaban J connectivity index is 1.59. The van der Waals surface area contributed by atoms with Crippen molar-refractivity contribution in [2.45, 2.75) is 56.5 Å². The van der Waals surface area contributed by atoms with Gasteiger partial charge >= 0.3 is 0 Å². The van der Waals surface area contributed by atoms with Crippen LogP contribution in [0.2, 0.25) is 0 Å². The molecule has 1 saturated heterocycles. The first-order chi connectivity index (χ1) is 8.74. The molecule has 2 aliphatic carbocycles. The van der Waals surface area contributed by atoms with Crippen molar-refractivity contribution in [3.05, 3.63) is 15.6 Å². The largest absolute Gasteiger partial charge is 0.318 e. The van der Waals surface area contributed by atoms with Crippen LogP contribution in [0, 0.1) is 0 Å². The lowest BCUT2D eigenvalue weighted by Crippen LogP contribution is -2.40. The number of hydrogen-bond donors (Lipinski definition) is 1. The van der Waals surface area contributed by atoms with Crippen LogP contribution >= 0.6 is 11.3 Å². The molecule has 3 nitrogen and oxygen atoms in total. The highest BCUT2D eigenvalue weighted by Crippen LogP contribution is 2.39. The van der Waals surface area contributed by atoms with E-state index in [1.54, 1.807) is 0 Å². The van der Waals surface area contributed by atoms with Crippen molar-refractivity contribution in [3.8, 4) is 0 Å². The van der Waals surface area contributed by atoms with Gasteiger partial charge in [0.15, 0.2) is 0 Å². The van der Waals surface area contributed by atoms with Gasteiger partial charge in [0.2, 0.25) is 0 Å². The second-order valence-corrected chi connectivity index (χ2v) is 7.29. The molecule has 98 valence electrons. The number of thiazole rings is 1. The van der Waals surface area contributed by atoms with Crippen molar-refractivity contribution in [1.29, 1.82) is 0 Å².